The Kier molecular flexibility index (Phi) is 1.95. The van der Waals surface area contributed by atoms with Crippen LogP contribution in [0.5, 0.6) is 0 Å². The lowest BCUT2D eigenvalue weighted by Crippen LogP contribution is -2.33. The first-order chi connectivity index (χ1) is 6.81. The summed E-state index contributed by atoms with van der Waals surface area (Å²) in [5.41, 5.74) is 0. The second-order valence-electron chi connectivity index (χ2n) is 4.71. The van der Waals surface area contributed by atoms with Crippen molar-refractivity contribution in [2.24, 2.45) is 23.7 Å². The molecule has 1 heterocycles. The van der Waals surface area contributed by atoms with Crippen LogP contribution >= 0.6 is 0 Å². The molecule has 3 rings (SSSR count). The summed E-state index contributed by atoms with van der Waals surface area (Å²) >= 11 is 0. The molecule has 3 fully saturated rings. The van der Waals surface area contributed by atoms with Gasteiger partial charge in [-0.05, 0) is 24.7 Å². The van der Waals surface area contributed by atoms with E-state index in [0.717, 1.165) is 22.9 Å². The highest BCUT2D eigenvalue weighted by molar-refractivity contribution is 6.08. The van der Waals surface area contributed by atoms with E-state index < -0.39 is 0 Å². The SMILES string of the molecule is O=C1OCC2C3CC(CC3OC[SiH3])C12. The molecule has 2 bridgehead atoms. The molecule has 1 saturated heterocycles. The molecule has 2 aliphatic carbocycles. The van der Waals surface area contributed by atoms with Crippen LogP contribution < -0.4 is 0 Å². The maximum atomic E-state index is 11.5. The van der Waals surface area contributed by atoms with E-state index in [1.165, 1.54) is 6.42 Å². The highest BCUT2D eigenvalue weighted by atomic mass is 28.1. The number of carbonyl (C=O) groups is 1. The number of esters is 1. The minimum atomic E-state index is 0.0619. The number of ether oxygens (including phenoxy) is 2. The van der Waals surface area contributed by atoms with Crippen molar-refractivity contribution in [2.75, 3.05) is 12.8 Å². The molecule has 0 aromatic carbocycles. The van der Waals surface area contributed by atoms with Crippen LogP contribution in [0.1, 0.15) is 12.8 Å². The molecule has 3 aliphatic rings. The van der Waals surface area contributed by atoms with Crippen LogP contribution in [-0.4, -0.2) is 35.2 Å². The van der Waals surface area contributed by atoms with E-state index in [-0.39, 0.29) is 11.9 Å². The van der Waals surface area contributed by atoms with Crippen molar-refractivity contribution in [2.45, 2.75) is 18.9 Å². The summed E-state index contributed by atoms with van der Waals surface area (Å²) in [5, 5.41) is 0. The van der Waals surface area contributed by atoms with Gasteiger partial charge in [0.15, 0.2) is 0 Å². The Hall–Kier alpha value is -0.353. The lowest BCUT2D eigenvalue weighted by molar-refractivity contribution is -0.142. The first kappa shape index (κ1) is 8.92. The monoisotopic (exact) mass is 212 g/mol. The quantitative estimate of drug-likeness (QED) is 0.458. The smallest absolute Gasteiger partial charge is 0.309 e. The standard InChI is InChI=1S/C10H16O3Si/c11-10-9-5-1-6(7(9)3-12-10)8(2-5)13-4-14/h5-9H,1-4H2,14H3. The van der Waals surface area contributed by atoms with Crippen molar-refractivity contribution in [3.8, 4) is 0 Å². The van der Waals surface area contributed by atoms with Gasteiger partial charge in [0.05, 0.1) is 18.6 Å². The van der Waals surface area contributed by atoms with Crippen molar-refractivity contribution in [3.05, 3.63) is 0 Å². The molecule has 78 valence electrons. The largest absolute Gasteiger partial charge is 0.465 e. The Morgan fingerprint density at radius 1 is 1.43 bits per heavy atom. The molecule has 3 nitrogen and oxygen atoms in total. The van der Waals surface area contributed by atoms with Crippen molar-refractivity contribution in [1.82, 2.24) is 0 Å². The Bertz CT molecular complexity index is 268. The highest BCUT2D eigenvalue weighted by Gasteiger charge is 2.59. The lowest BCUT2D eigenvalue weighted by Gasteiger charge is -2.28. The summed E-state index contributed by atoms with van der Waals surface area (Å²) in [6.07, 6.45) is 3.67. The molecule has 0 spiro atoms. The fraction of sp³-hybridized carbons (Fsp3) is 0.900. The molecule has 4 heteroatoms. The number of cyclic esters (lactones) is 1. The zero-order valence-electron chi connectivity index (χ0n) is 8.44. The molecule has 0 radical (unpaired) electrons. The molecule has 5 atom stereocenters. The van der Waals surface area contributed by atoms with Gasteiger partial charge in [0, 0.05) is 22.4 Å². The zero-order chi connectivity index (χ0) is 9.71. The molecular formula is C10H16O3Si. The maximum Gasteiger partial charge on any atom is 0.309 e. The summed E-state index contributed by atoms with van der Waals surface area (Å²) in [5.74, 6) is 1.96. The van der Waals surface area contributed by atoms with Gasteiger partial charge in [-0.1, -0.05) is 0 Å². The summed E-state index contributed by atoms with van der Waals surface area (Å²) in [7, 11) is 1.11. The van der Waals surface area contributed by atoms with Gasteiger partial charge in [-0.15, -0.1) is 0 Å². The van der Waals surface area contributed by atoms with E-state index in [4.69, 9.17) is 9.47 Å². The average molecular weight is 212 g/mol. The lowest BCUT2D eigenvalue weighted by atomic mass is 9.80. The van der Waals surface area contributed by atoms with E-state index in [1.54, 1.807) is 0 Å². The minimum absolute atomic E-state index is 0.0619. The first-order valence-corrected chi connectivity index (χ1v) is 7.01. The minimum Gasteiger partial charge on any atom is -0.465 e. The van der Waals surface area contributed by atoms with E-state index in [9.17, 15) is 4.79 Å². The molecule has 1 aliphatic heterocycles. The van der Waals surface area contributed by atoms with E-state index in [1.807, 2.05) is 0 Å². The van der Waals surface area contributed by atoms with Gasteiger partial charge in [-0.2, -0.15) is 0 Å². The zero-order valence-corrected chi connectivity index (χ0v) is 10.4. The second-order valence-corrected chi connectivity index (χ2v) is 5.29. The number of fused-ring (bicyclic) bond motifs is 5. The fourth-order valence-electron chi connectivity index (χ4n) is 3.71. The molecule has 0 amide bonds. The van der Waals surface area contributed by atoms with Crippen LogP contribution in [0.25, 0.3) is 0 Å². The number of carbonyl (C=O) groups excluding carboxylic acids is 1. The molecule has 14 heavy (non-hydrogen) atoms. The van der Waals surface area contributed by atoms with Crippen molar-refractivity contribution in [1.29, 1.82) is 0 Å². The van der Waals surface area contributed by atoms with Crippen LogP contribution in [-0.2, 0) is 14.3 Å². The molecule has 2 saturated carbocycles. The first-order valence-electron chi connectivity index (χ1n) is 5.59. The fourth-order valence-corrected chi connectivity index (χ4v) is 4.13. The summed E-state index contributed by atoms with van der Waals surface area (Å²) < 4.78 is 10.9. The predicted molar refractivity (Wildman–Crippen MR) is 53.8 cm³/mol. The molecule has 5 unspecified atom stereocenters. The van der Waals surface area contributed by atoms with Crippen LogP contribution in [0.3, 0.4) is 0 Å². The van der Waals surface area contributed by atoms with Gasteiger partial charge >= 0.3 is 5.97 Å². The number of hydrogen-bond acceptors (Lipinski definition) is 3. The maximum absolute atomic E-state index is 11.5. The molecule has 0 N–H and O–H groups in total. The van der Waals surface area contributed by atoms with Crippen LogP contribution in [0.4, 0.5) is 0 Å². The topological polar surface area (TPSA) is 35.5 Å². The third kappa shape index (κ3) is 1.04. The number of hydrogen-bond donors (Lipinski definition) is 0. The Morgan fingerprint density at radius 2 is 2.29 bits per heavy atom. The highest BCUT2D eigenvalue weighted by Crippen LogP contribution is 2.55. The van der Waals surface area contributed by atoms with Gasteiger partial charge in [-0.25, -0.2) is 0 Å². The second kappa shape index (κ2) is 3.07. The van der Waals surface area contributed by atoms with Crippen LogP contribution in [0.2, 0.25) is 0 Å². The molecule has 0 aromatic heterocycles. The van der Waals surface area contributed by atoms with Crippen molar-refractivity contribution in [3.63, 3.8) is 0 Å². The Morgan fingerprint density at radius 3 is 3.07 bits per heavy atom. The van der Waals surface area contributed by atoms with E-state index in [0.29, 0.717) is 30.5 Å². The third-order valence-corrected chi connectivity index (χ3v) is 4.51. The Labute approximate surface area is 86.6 Å². The number of rotatable bonds is 2. The van der Waals surface area contributed by atoms with Gasteiger partial charge in [0.25, 0.3) is 0 Å². The van der Waals surface area contributed by atoms with Crippen molar-refractivity contribution < 1.29 is 14.3 Å². The van der Waals surface area contributed by atoms with Crippen LogP contribution in [0, 0.1) is 23.7 Å². The molecule has 0 aromatic rings. The van der Waals surface area contributed by atoms with Gasteiger partial charge < -0.3 is 9.47 Å². The van der Waals surface area contributed by atoms with E-state index >= 15 is 0 Å². The van der Waals surface area contributed by atoms with Gasteiger partial charge in [0.1, 0.15) is 0 Å². The normalized spacial score (nSPS) is 49.7. The third-order valence-electron chi connectivity index (χ3n) is 4.18. The van der Waals surface area contributed by atoms with Crippen molar-refractivity contribution >= 4 is 16.2 Å². The van der Waals surface area contributed by atoms with Gasteiger partial charge in [0.2, 0.25) is 0 Å². The summed E-state index contributed by atoms with van der Waals surface area (Å²) in [6.45, 7) is 0.658. The molecular weight excluding hydrogens is 196 g/mol. The van der Waals surface area contributed by atoms with Gasteiger partial charge in [-0.3, -0.25) is 4.79 Å². The average Bonchev–Trinajstić information content (AvgIpc) is 2.78. The van der Waals surface area contributed by atoms with Crippen LogP contribution in [0.15, 0.2) is 0 Å². The Balaban J connectivity index is 1.79. The van der Waals surface area contributed by atoms with E-state index in [2.05, 4.69) is 0 Å². The summed E-state index contributed by atoms with van der Waals surface area (Å²) in [6, 6.07) is 0. The summed E-state index contributed by atoms with van der Waals surface area (Å²) in [4.78, 5) is 11.5. The predicted octanol–water partition coefficient (Wildman–Crippen LogP) is -0.476.